The van der Waals surface area contributed by atoms with E-state index in [0.717, 1.165) is 31.7 Å². The highest BCUT2D eigenvalue weighted by molar-refractivity contribution is 5.98. The number of nitrogens with one attached hydrogen (secondary N) is 3. The highest BCUT2D eigenvalue weighted by atomic mass is 19.1. The van der Waals surface area contributed by atoms with Crippen LogP contribution in [0.3, 0.4) is 0 Å². The van der Waals surface area contributed by atoms with Crippen molar-refractivity contribution in [1.82, 2.24) is 15.3 Å². The van der Waals surface area contributed by atoms with Gasteiger partial charge in [-0.2, -0.15) is 0 Å². The predicted molar refractivity (Wildman–Crippen MR) is 133 cm³/mol. The lowest BCUT2D eigenvalue weighted by Gasteiger charge is -2.34. The fourth-order valence-electron chi connectivity index (χ4n) is 3.96. The van der Waals surface area contributed by atoms with Gasteiger partial charge in [0, 0.05) is 44.1 Å². The van der Waals surface area contributed by atoms with E-state index in [9.17, 15) is 14.0 Å². The van der Waals surface area contributed by atoms with E-state index in [1.807, 2.05) is 12.1 Å². The number of carbonyl (C=O) groups excluding carboxylic acids is 2. The van der Waals surface area contributed by atoms with Crippen molar-refractivity contribution in [2.24, 2.45) is 5.73 Å². The minimum atomic E-state index is -0.663. The first-order chi connectivity index (χ1) is 16.8. The molecule has 3 heterocycles. The van der Waals surface area contributed by atoms with Gasteiger partial charge in [-0.15, -0.1) is 0 Å². The van der Waals surface area contributed by atoms with Crippen molar-refractivity contribution in [2.45, 2.75) is 18.9 Å². The summed E-state index contributed by atoms with van der Waals surface area (Å²) in [6.07, 6.45) is 4.67. The van der Waals surface area contributed by atoms with Crippen LogP contribution < -0.4 is 32.3 Å². The Balaban J connectivity index is 1.46. The van der Waals surface area contributed by atoms with E-state index in [2.05, 4.69) is 30.8 Å². The largest absolute Gasteiger partial charge is 0.397 e. The van der Waals surface area contributed by atoms with Gasteiger partial charge in [0.1, 0.15) is 17.5 Å². The van der Waals surface area contributed by atoms with Gasteiger partial charge < -0.3 is 32.3 Å². The zero-order valence-corrected chi connectivity index (χ0v) is 19.2. The molecule has 0 bridgehead atoms. The molecule has 4 rings (SSSR count). The van der Waals surface area contributed by atoms with Crippen LogP contribution in [0, 0.1) is 5.82 Å². The van der Waals surface area contributed by atoms with Crippen LogP contribution in [0.4, 0.5) is 33.1 Å². The number of pyridine rings is 2. The van der Waals surface area contributed by atoms with Crippen LogP contribution in [-0.2, 0) is 0 Å². The lowest BCUT2D eigenvalue weighted by Crippen LogP contribution is -2.39. The molecule has 35 heavy (non-hydrogen) atoms. The Morgan fingerprint density at radius 2 is 1.83 bits per heavy atom. The predicted octanol–water partition coefficient (Wildman–Crippen LogP) is 2.48. The van der Waals surface area contributed by atoms with Crippen molar-refractivity contribution in [1.29, 1.82) is 0 Å². The first kappa shape index (κ1) is 23.7. The van der Waals surface area contributed by atoms with Gasteiger partial charge in [-0.05, 0) is 43.2 Å². The van der Waals surface area contributed by atoms with Crippen molar-refractivity contribution in [3.05, 3.63) is 65.7 Å². The molecule has 3 aromatic rings. The SMILES string of the molecule is CNC(=O)c1ccc(Nc2cc(NC3CCN(c4ccc(N)cn4)CC3)c(C(N)=O)cn2)cc1F. The third-order valence-electron chi connectivity index (χ3n) is 5.83. The Kier molecular flexibility index (Phi) is 6.95. The number of carbonyl (C=O) groups is 2. The Labute approximate surface area is 201 Å². The molecular formula is C24H27FN8O2. The van der Waals surface area contributed by atoms with E-state index in [1.54, 1.807) is 18.3 Å². The van der Waals surface area contributed by atoms with E-state index in [4.69, 9.17) is 11.5 Å². The van der Waals surface area contributed by atoms with E-state index >= 15 is 0 Å². The van der Waals surface area contributed by atoms with Gasteiger partial charge in [0.2, 0.25) is 0 Å². The van der Waals surface area contributed by atoms with Gasteiger partial charge in [0.05, 0.1) is 28.7 Å². The summed E-state index contributed by atoms with van der Waals surface area (Å²) in [5, 5.41) is 8.80. The van der Waals surface area contributed by atoms with Crippen molar-refractivity contribution < 1.29 is 14.0 Å². The average molecular weight is 479 g/mol. The number of hydrogen-bond donors (Lipinski definition) is 5. The lowest BCUT2D eigenvalue weighted by molar-refractivity contribution is 0.0957. The van der Waals surface area contributed by atoms with Crippen LogP contribution in [-0.4, -0.2) is 48.0 Å². The summed E-state index contributed by atoms with van der Waals surface area (Å²) in [5.74, 6) is -0.504. The summed E-state index contributed by atoms with van der Waals surface area (Å²) in [6.45, 7) is 1.57. The number of nitrogens with zero attached hydrogens (tertiary/aromatic N) is 3. The molecule has 1 fully saturated rings. The molecule has 0 saturated carbocycles. The van der Waals surface area contributed by atoms with E-state index in [0.29, 0.717) is 22.9 Å². The van der Waals surface area contributed by atoms with Crippen molar-refractivity contribution >= 4 is 40.5 Å². The molecule has 0 unspecified atom stereocenters. The second kappa shape index (κ2) is 10.2. The minimum Gasteiger partial charge on any atom is -0.397 e. The number of hydrogen-bond acceptors (Lipinski definition) is 8. The summed E-state index contributed by atoms with van der Waals surface area (Å²) >= 11 is 0. The Hall–Kier alpha value is -4.41. The molecule has 2 amide bonds. The fourth-order valence-corrected chi connectivity index (χ4v) is 3.96. The van der Waals surface area contributed by atoms with Crippen molar-refractivity contribution in [3.8, 4) is 0 Å². The zero-order chi connectivity index (χ0) is 24.9. The maximum atomic E-state index is 14.3. The second-order valence-electron chi connectivity index (χ2n) is 8.23. The number of aromatic nitrogens is 2. The summed E-state index contributed by atoms with van der Waals surface area (Å²) in [7, 11) is 1.44. The second-order valence-corrected chi connectivity index (χ2v) is 8.23. The number of amides is 2. The quantitative estimate of drug-likeness (QED) is 0.347. The number of benzene rings is 1. The number of rotatable bonds is 7. The normalized spacial score (nSPS) is 13.8. The molecule has 0 aliphatic carbocycles. The number of halogens is 1. The lowest BCUT2D eigenvalue weighted by atomic mass is 10.0. The maximum absolute atomic E-state index is 14.3. The van der Waals surface area contributed by atoms with Crippen LogP contribution in [0.15, 0.2) is 48.8 Å². The molecule has 2 aromatic heterocycles. The molecule has 7 N–H and O–H groups in total. The third-order valence-corrected chi connectivity index (χ3v) is 5.83. The van der Waals surface area contributed by atoms with E-state index in [1.165, 1.54) is 25.4 Å². The number of anilines is 5. The first-order valence-corrected chi connectivity index (χ1v) is 11.2. The van der Waals surface area contributed by atoms with Crippen LogP contribution in [0.25, 0.3) is 0 Å². The van der Waals surface area contributed by atoms with Crippen LogP contribution in [0.5, 0.6) is 0 Å². The van der Waals surface area contributed by atoms with Crippen molar-refractivity contribution in [2.75, 3.05) is 41.4 Å². The standard InChI is InChI=1S/C24H27FN8O2/c1-28-24(35)17-4-3-16(10-19(17)25)32-21-11-20(18(13-29-21)23(27)34)31-15-6-8-33(9-7-15)22-5-2-14(26)12-30-22/h2-5,10-13,15H,6-9,26H2,1H3,(H2,27,34)(H,28,35)(H2,29,31,32). The Morgan fingerprint density at radius 1 is 1.06 bits per heavy atom. The third kappa shape index (κ3) is 5.57. The molecule has 0 atom stereocenters. The summed E-state index contributed by atoms with van der Waals surface area (Å²) in [5.41, 5.74) is 13.1. The summed E-state index contributed by atoms with van der Waals surface area (Å²) in [6, 6.07) is 9.68. The number of nitrogen functional groups attached to an aromatic ring is 1. The Bertz CT molecular complexity index is 1230. The molecular weight excluding hydrogens is 451 g/mol. The van der Waals surface area contributed by atoms with Gasteiger partial charge in [-0.25, -0.2) is 14.4 Å². The molecule has 1 aliphatic heterocycles. The molecule has 182 valence electrons. The molecule has 10 nitrogen and oxygen atoms in total. The summed E-state index contributed by atoms with van der Waals surface area (Å²) in [4.78, 5) is 34.5. The topological polar surface area (TPSA) is 151 Å². The monoisotopic (exact) mass is 478 g/mol. The molecule has 0 radical (unpaired) electrons. The maximum Gasteiger partial charge on any atom is 0.253 e. The molecule has 1 aliphatic rings. The molecule has 1 aromatic carbocycles. The zero-order valence-electron chi connectivity index (χ0n) is 19.2. The number of piperidine rings is 1. The van der Waals surface area contributed by atoms with Crippen LogP contribution in [0.1, 0.15) is 33.6 Å². The van der Waals surface area contributed by atoms with Crippen LogP contribution in [0.2, 0.25) is 0 Å². The average Bonchev–Trinajstić information content (AvgIpc) is 2.85. The van der Waals surface area contributed by atoms with Gasteiger partial charge in [-0.1, -0.05) is 0 Å². The first-order valence-electron chi connectivity index (χ1n) is 11.2. The van der Waals surface area contributed by atoms with Crippen molar-refractivity contribution in [3.63, 3.8) is 0 Å². The smallest absolute Gasteiger partial charge is 0.253 e. The molecule has 1 saturated heterocycles. The van der Waals surface area contributed by atoms with Gasteiger partial charge >= 0.3 is 0 Å². The van der Waals surface area contributed by atoms with Crippen LogP contribution >= 0.6 is 0 Å². The van der Waals surface area contributed by atoms with Gasteiger partial charge in [0.25, 0.3) is 11.8 Å². The van der Waals surface area contributed by atoms with Gasteiger partial charge in [0.15, 0.2) is 0 Å². The summed E-state index contributed by atoms with van der Waals surface area (Å²) < 4.78 is 14.3. The van der Waals surface area contributed by atoms with E-state index in [-0.39, 0.29) is 17.2 Å². The Morgan fingerprint density at radius 3 is 2.46 bits per heavy atom. The highest BCUT2D eigenvalue weighted by Gasteiger charge is 2.22. The number of nitrogens with two attached hydrogens (primary N) is 2. The van der Waals surface area contributed by atoms with Gasteiger partial charge in [-0.3, -0.25) is 9.59 Å². The minimum absolute atomic E-state index is 0.0574. The highest BCUT2D eigenvalue weighted by Crippen LogP contribution is 2.26. The number of primary amides is 1. The fraction of sp³-hybridized carbons (Fsp3) is 0.250. The molecule has 11 heteroatoms. The van der Waals surface area contributed by atoms with E-state index < -0.39 is 17.6 Å². The molecule has 0 spiro atoms.